The summed E-state index contributed by atoms with van der Waals surface area (Å²) >= 11 is 0. The molecule has 1 aliphatic heterocycles. The number of aromatic amines is 1. The number of nitrogens with one attached hydrogen (secondary N) is 1. The van der Waals surface area contributed by atoms with E-state index in [4.69, 9.17) is 5.73 Å². The van der Waals surface area contributed by atoms with Crippen molar-refractivity contribution in [2.75, 3.05) is 23.7 Å². The molecule has 9 nitrogen and oxygen atoms in total. The quantitative estimate of drug-likeness (QED) is 0.554. The number of likely N-dealkylation sites (tertiary alicyclic amines) is 1. The van der Waals surface area contributed by atoms with E-state index in [1.54, 1.807) is 12.1 Å². The van der Waals surface area contributed by atoms with Crippen LogP contribution >= 0.6 is 0 Å². The summed E-state index contributed by atoms with van der Waals surface area (Å²) in [7, 11) is 0. The summed E-state index contributed by atoms with van der Waals surface area (Å²) in [4.78, 5) is 56.1. The van der Waals surface area contributed by atoms with Gasteiger partial charge in [-0.05, 0) is 42.9 Å². The Morgan fingerprint density at radius 3 is 2.47 bits per heavy atom. The average molecular weight is 470 g/mol. The van der Waals surface area contributed by atoms with Crippen LogP contribution in [0.15, 0.2) is 33.9 Å². The zero-order valence-electron chi connectivity index (χ0n) is 20.3. The number of H-pyrrole nitrogens is 1. The lowest BCUT2D eigenvalue weighted by Gasteiger charge is -2.25. The molecule has 0 unspecified atom stereocenters. The molecule has 2 aromatic rings. The third-order valence-electron chi connectivity index (χ3n) is 6.14. The lowest BCUT2D eigenvalue weighted by molar-refractivity contribution is -0.128. The van der Waals surface area contributed by atoms with Gasteiger partial charge in [0.25, 0.3) is 11.5 Å². The summed E-state index contributed by atoms with van der Waals surface area (Å²) in [6.45, 7) is 7.98. The first-order chi connectivity index (χ1) is 16.2. The van der Waals surface area contributed by atoms with Gasteiger partial charge in [0.2, 0.25) is 5.91 Å². The highest BCUT2D eigenvalue weighted by Gasteiger charge is 2.26. The van der Waals surface area contributed by atoms with Crippen LogP contribution in [0.25, 0.3) is 0 Å². The molecule has 0 radical (unpaired) electrons. The molecule has 0 aliphatic carbocycles. The number of hydrogen-bond acceptors (Lipinski definition) is 5. The Morgan fingerprint density at radius 1 is 1.18 bits per heavy atom. The van der Waals surface area contributed by atoms with Gasteiger partial charge in [0.15, 0.2) is 5.69 Å². The third-order valence-corrected chi connectivity index (χ3v) is 6.14. The molecule has 3 N–H and O–H groups in total. The third kappa shape index (κ3) is 5.76. The summed E-state index contributed by atoms with van der Waals surface area (Å²) in [6.07, 6.45) is 3.68. The second-order valence-corrected chi connectivity index (χ2v) is 9.25. The molecule has 1 aromatic heterocycles. The molecular formula is C25H35N5O4. The Hall–Kier alpha value is -3.36. The molecule has 34 heavy (non-hydrogen) atoms. The number of rotatable bonds is 10. The fraction of sp³-hybridized carbons (Fsp3) is 0.520. The van der Waals surface area contributed by atoms with E-state index >= 15 is 0 Å². The SMILES string of the molecule is CCCCn1c(N)c(N(CCC(C)C)C(=O)c2ccc(CN3CCCC3=O)cc2)c(=O)[nH]c1=O. The van der Waals surface area contributed by atoms with Crippen LogP contribution in [0, 0.1) is 5.92 Å². The maximum absolute atomic E-state index is 13.5. The van der Waals surface area contributed by atoms with E-state index in [2.05, 4.69) is 4.98 Å². The molecule has 1 fully saturated rings. The molecule has 0 saturated carbocycles. The zero-order valence-corrected chi connectivity index (χ0v) is 20.3. The van der Waals surface area contributed by atoms with Crippen LogP contribution < -0.4 is 21.9 Å². The topological polar surface area (TPSA) is 121 Å². The highest BCUT2D eigenvalue weighted by molar-refractivity contribution is 6.07. The van der Waals surface area contributed by atoms with E-state index in [1.165, 1.54) is 9.47 Å². The van der Waals surface area contributed by atoms with Crippen molar-refractivity contribution in [3.8, 4) is 0 Å². The smallest absolute Gasteiger partial charge is 0.330 e. The lowest BCUT2D eigenvalue weighted by atomic mass is 10.1. The summed E-state index contributed by atoms with van der Waals surface area (Å²) < 4.78 is 1.33. The number of nitrogen functional groups attached to an aromatic ring is 1. The zero-order chi connectivity index (χ0) is 24.8. The van der Waals surface area contributed by atoms with E-state index in [0.29, 0.717) is 44.0 Å². The molecule has 2 heterocycles. The van der Waals surface area contributed by atoms with E-state index in [9.17, 15) is 19.2 Å². The van der Waals surface area contributed by atoms with Crippen LogP contribution in [0.5, 0.6) is 0 Å². The molecule has 1 aromatic carbocycles. The second-order valence-electron chi connectivity index (χ2n) is 9.25. The van der Waals surface area contributed by atoms with Crippen LogP contribution in [0.2, 0.25) is 0 Å². The van der Waals surface area contributed by atoms with Crippen molar-refractivity contribution >= 4 is 23.3 Å². The van der Waals surface area contributed by atoms with E-state index < -0.39 is 11.2 Å². The molecule has 3 rings (SSSR count). The van der Waals surface area contributed by atoms with Gasteiger partial charge in [-0.15, -0.1) is 0 Å². The number of anilines is 2. The number of amides is 2. The highest BCUT2D eigenvalue weighted by atomic mass is 16.2. The Kier molecular flexibility index (Phi) is 8.31. The maximum Gasteiger partial charge on any atom is 0.330 e. The van der Waals surface area contributed by atoms with Crippen LogP contribution in [0.3, 0.4) is 0 Å². The van der Waals surface area contributed by atoms with Crippen molar-refractivity contribution in [1.29, 1.82) is 0 Å². The van der Waals surface area contributed by atoms with E-state index in [0.717, 1.165) is 31.4 Å². The van der Waals surface area contributed by atoms with Crippen molar-refractivity contribution in [1.82, 2.24) is 14.5 Å². The van der Waals surface area contributed by atoms with Gasteiger partial charge < -0.3 is 15.5 Å². The van der Waals surface area contributed by atoms with Crippen molar-refractivity contribution < 1.29 is 9.59 Å². The van der Waals surface area contributed by atoms with Gasteiger partial charge in [-0.25, -0.2) is 4.79 Å². The molecule has 1 aliphatic rings. The average Bonchev–Trinajstić information content (AvgIpc) is 3.19. The summed E-state index contributed by atoms with van der Waals surface area (Å²) in [5, 5.41) is 0. The Balaban J connectivity index is 1.93. The first-order valence-electron chi connectivity index (χ1n) is 12.0. The highest BCUT2D eigenvalue weighted by Crippen LogP contribution is 2.22. The first-order valence-corrected chi connectivity index (χ1v) is 12.0. The minimum Gasteiger partial charge on any atom is -0.383 e. The van der Waals surface area contributed by atoms with Crippen molar-refractivity contribution in [3.05, 3.63) is 56.2 Å². The van der Waals surface area contributed by atoms with E-state index in [1.807, 2.05) is 37.8 Å². The number of nitrogens with two attached hydrogens (primary N) is 1. The number of carbonyl (C=O) groups is 2. The van der Waals surface area contributed by atoms with Crippen LogP contribution in [-0.4, -0.2) is 39.4 Å². The van der Waals surface area contributed by atoms with Crippen molar-refractivity contribution in [3.63, 3.8) is 0 Å². The van der Waals surface area contributed by atoms with Gasteiger partial charge >= 0.3 is 5.69 Å². The van der Waals surface area contributed by atoms with Crippen LogP contribution in [-0.2, 0) is 17.9 Å². The minimum absolute atomic E-state index is 0.00321. The van der Waals surface area contributed by atoms with Gasteiger partial charge in [0, 0.05) is 38.2 Å². The largest absolute Gasteiger partial charge is 0.383 e. The number of aromatic nitrogens is 2. The van der Waals surface area contributed by atoms with Gasteiger partial charge in [-0.3, -0.25) is 23.9 Å². The van der Waals surface area contributed by atoms with Crippen LogP contribution in [0.1, 0.15) is 68.8 Å². The second kappa shape index (κ2) is 11.2. The summed E-state index contributed by atoms with van der Waals surface area (Å²) in [6, 6.07) is 7.07. The lowest BCUT2D eigenvalue weighted by Crippen LogP contribution is -2.42. The summed E-state index contributed by atoms with van der Waals surface area (Å²) in [5.74, 6) is 0.0840. The fourth-order valence-corrected chi connectivity index (χ4v) is 4.08. The Bertz CT molecular complexity index is 1130. The summed E-state index contributed by atoms with van der Waals surface area (Å²) in [5.41, 5.74) is 6.40. The molecule has 0 bridgehead atoms. The van der Waals surface area contributed by atoms with Gasteiger partial charge in [0.1, 0.15) is 5.82 Å². The van der Waals surface area contributed by atoms with Crippen LogP contribution in [0.4, 0.5) is 11.5 Å². The van der Waals surface area contributed by atoms with Crippen molar-refractivity contribution in [2.45, 2.75) is 66.0 Å². The first kappa shape index (κ1) is 25.3. The number of nitrogens with zero attached hydrogens (tertiary/aromatic N) is 3. The number of benzene rings is 1. The number of unbranched alkanes of at least 4 members (excludes halogenated alkanes) is 1. The predicted octanol–water partition coefficient (Wildman–Crippen LogP) is 2.73. The normalized spacial score (nSPS) is 13.6. The maximum atomic E-state index is 13.5. The van der Waals surface area contributed by atoms with Crippen molar-refractivity contribution in [2.24, 2.45) is 5.92 Å². The molecule has 0 spiro atoms. The monoisotopic (exact) mass is 469 g/mol. The van der Waals surface area contributed by atoms with Gasteiger partial charge in [-0.1, -0.05) is 39.3 Å². The Morgan fingerprint density at radius 2 is 1.88 bits per heavy atom. The number of hydrogen-bond donors (Lipinski definition) is 2. The molecule has 1 saturated heterocycles. The van der Waals surface area contributed by atoms with E-state index in [-0.39, 0.29) is 23.3 Å². The van der Waals surface area contributed by atoms with Gasteiger partial charge in [-0.2, -0.15) is 0 Å². The Labute approximate surface area is 199 Å². The molecule has 9 heteroatoms. The molecule has 0 atom stereocenters. The molecular weight excluding hydrogens is 434 g/mol. The van der Waals surface area contributed by atoms with Gasteiger partial charge in [0.05, 0.1) is 0 Å². The molecule has 184 valence electrons. The number of carbonyl (C=O) groups excluding carboxylic acids is 2. The minimum atomic E-state index is -0.670. The molecule has 2 amide bonds. The standard InChI is InChI=1S/C25H35N5O4/c1-4-5-14-30-22(26)21(23(32)27-25(30)34)29(15-12-17(2)3)24(33)19-10-8-18(9-11-19)16-28-13-6-7-20(28)31/h8-11,17H,4-7,12-16,26H2,1-3H3,(H,27,32,34). The predicted molar refractivity (Wildman–Crippen MR) is 133 cm³/mol. The fourth-order valence-electron chi connectivity index (χ4n) is 4.08.